The van der Waals surface area contributed by atoms with Crippen LogP contribution in [0.1, 0.15) is 59.1 Å². The number of nitrogens with zero attached hydrogens (tertiary/aromatic N) is 3. The molecule has 1 aromatic carbocycles. The van der Waals surface area contributed by atoms with Crippen LogP contribution in [-0.2, 0) is 4.74 Å². The second kappa shape index (κ2) is 8.28. The molecule has 4 rings (SSSR count). The molecular formula is C25H29F2N3O2. The Morgan fingerprint density at radius 3 is 2.47 bits per heavy atom. The molecule has 7 heteroatoms. The van der Waals surface area contributed by atoms with Gasteiger partial charge in [0.1, 0.15) is 5.82 Å². The summed E-state index contributed by atoms with van der Waals surface area (Å²) in [5, 5.41) is 0. The fourth-order valence-corrected chi connectivity index (χ4v) is 4.73. The van der Waals surface area contributed by atoms with Gasteiger partial charge in [-0.15, -0.1) is 0 Å². The lowest BCUT2D eigenvalue weighted by molar-refractivity contribution is -0.162. The molecule has 0 amide bonds. The highest BCUT2D eigenvalue weighted by molar-refractivity contribution is 5.65. The van der Waals surface area contributed by atoms with Crippen LogP contribution >= 0.6 is 0 Å². The highest BCUT2D eigenvalue weighted by atomic mass is 19.2. The van der Waals surface area contributed by atoms with Gasteiger partial charge in [0.25, 0.3) is 0 Å². The number of ether oxygens (including phenoxy) is 2. The second-order valence-corrected chi connectivity index (χ2v) is 9.47. The molecule has 32 heavy (non-hydrogen) atoms. The highest BCUT2D eigenvalue weighted by Crippen LogP contribution is 2.44. The lowest BCUT2D eigenvalue weighted by Crippen LogP contribution is -2.44. The molecule has 1 fully saturated rings. The number of rotatable bonds is 5. The van der Waals surface area contributed by atoms with Crippen molar-refractivity contribution in [1.82, 2.24) is 14.5 Å². The molecular weight excluding hydrogens is 412 g/mol. The van der Waals surface area contributed by atoms with Gasteiger partial charge in [-0.05, 0) is 71.7 Å². The van der Waals surface area contributed by atoms with Crippen molar-refractivity contribution in [2.24, 2.45) is 0 Å². The number of benzene rings is 1. The van der Waals surface area contributed by atoms with Crippen molar-refractivity contribution < 1.29 is 18.3 Å². The zero-order valence-electron chi connectivity index (χ0n) is 19.2. The number of imidazole rings is 1. The lowest BCUT2D eigenvalue weighted by atomic mass is 9.79. The lowest BCUT2D eigenvalue weighted by Gasteiger charge is -2.45. The highest BCUT2D eigenvalue weighted by Gasteiger charge is 2.41. The van der Waals surface area contributed by atoms with Gasteiger partial charge in [-0.2, -0.15) is 0 Å². The zero-order chi connectivity index (χ0) is 23.1. The predicted octanol–water partition coefficient (Wildman–Crippen LogP) is 6.06. The Bertz CT molecular complexity index is 1110. The van der Waals surface area contributed by atoms with Crippen LogP contribution in [0.3, 0.4) is 0 Å². The first-order valence-corrected chi connectivity index (χ1v) is 10.9. The first-order valence-electron chi connectivity index (χ1n) is 10.9. The number of aromatic nitrogens is 3. The van der Waals surface area contributed by atoms with Crippen LogP contribution in [0.5, 0.6) is 5.88 Å². The Kier molecular flexibility index (Phi) is 5.79. The molecule has 1 aliphatic heterocycles. The fraction of sp³-hybridized carbons (Fsp3) is 0.440. The van der Waals surface area contributed by atoms with E-state index >= 15 is 0 Å². The summed E-state index contributed by atoms with van der Waals surface area (Å²) < 4.78 is 41.5. The van der Waals surface area contributed by atoms with Gasteiger partial charge in [0.05, 0.1) is 34.8 Å². The fourth-order valence-electron chi connectivity index (χ4n) is 4.73. The Hall–Kier alpha value is -2.80. The number of pyridine rings is 1. The number of hydrogen-bond acceptors (Lipinski definition) is 4. The molecule has 0 atom stereocenters. The van der Waals surface area contributed by atoms with E-state index < -0.39 is 11.6 Å². The molecule has 0 N–H and O–H groups in total. The van der Waals surface area contributed by atoms with Gasteiger partial charge < -0.3 is 9.47 Å². The van der Waals surface area contributed by atoms with Gasteiger partial charge in [0, 0.05) is 24.4 Å². The molecule has 0 radical (unpaired) electrons. The van der Waals surface area contributed by atoms with E-state index in [-0.39, 0.29) is 17.1 Å². The zero-order valence-corrected chi connectivity index (χ0v) is 19.2. The molecule has 2 aromatic heterocycles. The first-order chi connectivity index (χ1) is 15.1. The van der Waals surface area contributed by atoms with Crippen LogP contribution in [0.2, 0.25) is 0 Å². The van der Waals surface area contributed by atoms with Crippen molar-refractivity contribution in [3.8, 4) is 23.0 Å². The maximum atomic E-state index is 14.1. The number of hydrogen-bond donors (Lipinski definition) is 0. The average molecular weight is 442 g/mol. The van der Waals surface area contributed by atoms with Crippen LogP contribution in [-0.4, -0.2) is 32.3 Å². The van der Waals surface area contributed by atoms with Crippen molar-refractivity contribution in [2.45, 2.75) is 64.6 Å². The first kappa shape index (κ1) is 22.4. The van der Waals surface area contributed by atoms with Crippen molar-refractivity contribution >= 4 is 0 Å². The molecule has 3 aromatic rings. The Morgan fingerprint density at radius 2 is 1.81 bits per heavy atom. The molecule has 0 aliphatic carbocycles. The Balaban J connectivity index is 1.87. The summed E-state index contributed by atoms with van der Waals surface area (Å²) in [6.07, 6.45) is 5.17. The van der Waals surface area contributed by atoms with E-state index in [2.05, 4.69) is 32.7 Å². The summed E-state index contributed by atoms with van der Waals surface area (Å²) in [5.41, 5.74) is 1.44. The second-order valence-electron chi connectivity index (χ2n) is 9.47. The molecule has 0 saturated carbocycles. The van der Waals surface area contributed by atoms with Crippen LogP contribution < -0.4 is 4.74 Å². The minimum atomic E-state index is -0.909. The minimum Gasteiger partial charge on any atom is -0.477 e. The van der Waals surface area contributed by atoms with Gasteiger partial charge in [-0.3, -0.25) is 4.57 Å². The SMILES string of the molecule is CCOc1ncccc1-c1nc(C2CC(C)(C)OC(C)(C)C2)cn1-c1ccc(F)c(F)c1. The molecule has 0 unspecified atom stereocenters. The molecule has 0 bridgehead atoms. The minimum absolute atomic E-state index is 0.145. The monoisotopic (exact) mass is 441 g/mol. The van der Waals surface area contributed by atoms with Crippen molar-refractivity contribution in [1.29, 1.82) is 0 Å². The summed E-state index contributed by atoms with van der Waals surface area (Å²) in [4.78, 5) is 9.33. The maximum absolute atomic E-state index is 14.1. The molecule has 3 heterocycles. The van der Waals surface area contributed by atoms with Crippen LogP contribution in [0.25, 0.3) is 17.1 Å². The normalized spacial score (nSPS) is 18.0. The van der Waals surface area contributed by atoms with E-state index in [1.165, 1.54) is 6.07 Å². The Morgan fingerprint density at radius 1 is 1.09 bits per heavy atom. The molecule has 5 nitrogen and oxygen atoms in total. The van der Waals surface area contributed by atoms with Gasteiger partial charge in [0.2, 0.25) is 5.88 Å². The molecule has 1 aliphatic rings. The largest absolute Gasteiger partial charge is 0.477 e. The van der Waals surface area contributed by atoms with E-state index in [9.17, 15) is 8.78 Å². The Labute approximate surface area is 187 Å². The predicted molar refractivity (Wildman–Crippen MR) is 119 cm³/mol. The van der Waals surface area contributed by atoms with Crippen molar-refractivity contribution in [2.75, 3.05) is 6.61 Å². The summed E-state index contributed by atoms with van der Waals surface area (Å²) in [6, 6.07) is 7.53. The number of halogens is 2. The van der Waals surface area contributed by atoms with Crippen LogP contribution in [0.4, 0.5) is 8.78 Å². The standard InChI is InChI=1S/C25H29F2N3O2/c1-6-31-23-18(8-7-11-28-23)22-29-21(16-13-24(2,3)32-25(4,5)14-16)15-30(22)17-9-10-19(26)20(27)12-17/h7-12,15-16H,6,13-14H2,1-5H3. The van der Waals surface area contributed by atoms with Gasteiger partial charge in [0.15, 0.2) is 11.6 Å². The summed E-state index contributed by atoms with van der Waals surface area (Å²) in [5.74, 6) is -0.632. The van der Waals surface area contributed by atoms with Crippen molar-refractivity contribution in [3.05, 3.63) is 60.1 Å². The van der Waals surface area contributed by atoms with E-state index in [0.29, 0.717) is 29.6 Å². The smallest absolute Gasteiger partial charge is 0.224 e. The van der Waals surface area contributed by atoms with Gasteiger partial charge >= 0.3 is 0 Å². The summed E-state index contributed by atoms with van der Waals surface area (Å²) in [6.45, 7) is 10.7. The quantitative estimate of drug-likeness (QED) is 0.483. The van der Waals surface area contributed by atoms with Gasteiger partial charge in [-0.1, -0.05) is 0 Å². The van der Waals surface area contributed by atoms with Crippen LogP contribution in [0, 0.1) is 11.6 Å². The molecule has 170 valence electrons. The van der Waals surface area contributed by atoms with E-state index in [0.717, 1.165) is 24.6 Å². The van der Waals surface area contributed by atoms with E-state index in [4.69, 9.17) is 14.5 Å². The molecule has 0 spiro atoms. The summed E-state index contributed by atoms with van der Waals surface area (Å²) in [7, 11) is 0. The van der Waals surface area contributed by atoms with E-state index in [1.54, 1.807) is 16.8 Å². The van der Waals surface area contributed by atoms with Crippen molar-refractivity contribution in [3.63, 3.8) is 0 Å². The summed E-state index contributed by atoms with van der Waals surface area (Å²) >= 11 is 0. The van der Waals surface area contributed by atoms with Gasteiger partial charge in [-0.25, -0.2) is 18.7 Å². The third-order valence-corrected chi connectivity index (χ3v) is 5.65. The van der Waals surface area contributed by atoms with E-state index in [1.807, 2.05) is 25.3 Å². The average Bonchev–Trinajstić information content (AvgIpc) is 3.14. The third kappa shape index (κ3) is 4.53. The topological polar surface area (TPSA) is 49.2 Å². The maximum Gasteiger partial charge on any atom is 0.224 e. The third-order valence-electron chi connectivity index (χ3n) is 5.65. The van der Waals surface area contributed by atoms with Crippen LogP contribution in [0.15, 0.2) is 42.7 Å². The molecule has 1 saturated heterocycles.